The number of ether oxygens (including phenoxy) is 1. The average molecular weight is 383 g/mol. The van der Waals surface area contributed by atoms with Gasteiger partial charge in [-0.15, -0.1) is 0 Å². The van der Waals surface area contributed by atoms with Crippen molar-refractivity contribution in [2.24, 2.45) is 0 Å². The normalized spacial score (nSPS) is 15.8. The van der Waals surface area contributed by atoms with Crippen LogP contribution >= 0.6 is 11.3 Å². The molecule has 1 aromatic heterocycles. The van der Waals surface area contributed by atoms with Crippen LogP contribution in [0, 0.1) is 5.82 Å². The maximum atomic E-state index is 13.1. The van der Waals surface area contributed by atoms with Crippen molar-refractivity contribution < 1.29 is 13.9 Å². The second-order valence-electron chi connectivity index (χ2n) is 6.24. The molecule has 5 nitrogen and oxygen atoms in total. The van der Waals surface area contributed by atoms with Crippen molar-refractivity contribution in [3.8, 4) is 5.75 Å². The third-order valence-corrected chi connectivity index (χ3v) is 5.62. The Bertz CT molecular complexity index is 972. The molecule has 27 heavy (non-hydrogen) atoms. The predicted octanol–water partition coefficient (Wildman–Crippen LogP) is 4.38. The maximum Gasteiger partial charge on any atom is 0.226 e. The number of carbonyl (C=O) groups is 1. The molecule has 0 spiro atoms. The predicted molar refractivity (Wildman–Crippen MR) is 104 cm³/mol. The largest absolute Gasteiger partial charge is 0.489 e. The summed E-state index contributed by atoms with van der Waals surface area (Å²) in [5.41, 5.74) is 1.82. The zero-order valence-corrected chi connectivity index (χ0v) is 15.5. The molecule has 1 unspecified atom stereocenters. The number of anilines is 2. The highest BCUT2D eigenvalue weighted by Gasteiger charge is 2.31. The fraction of sp³-hybridized carbons (Fsp3) is 0.200. The first-order valence-corrected chi connectivity index (χ1v) is 9.40. The standard InChI is InChI=1S/C20H18FN3O2S/c1-22-20-24-19-18(27-20)15(10-17(25)23-19)14-4-2-3-5-16(14)26-11-12-6-8-13(21)9-7-12/h2-9,15H,10-11H2,1H3,(H,22,24)(H,23,25). The topological polar surface area (TPSA) is 63.3 Å². The zero-order chi connectivity index (χ0) is 18.8. The fourth-order valence-electron chi connectivity index (χ4n) is 3.12. The summed E-state index contributed by atoms with van der Waals surface area (Å²) in [6.07, 6.45) is 0.343. The van der Waals surface area contributed by atoms with Gasteiger partial charge in [-0.25, -0.2) is 9.37 Å². The minimum atomic E-state index is -0.273. The lowest BCUT2D eigenvalue weighted by molar-refractivity contribution is -0.116. The lowest BCUT2D eigenvalue weighted by atomic mass is 9.91. The van der Waals surface area contributed by atoms with Gasteiger partial charge in [0.15, 0.2) is 5.13 Å². The van der Waals surface area contributed by atoms with E-state index in [4.69, 9.17) is 4.74 Å². The summed E-state index contributed by atoms with van der Waals surface area (Å²) in [6.45, 7) is 0.327. The first kappa shape index (κ1) is 17.5. The quantitative estimate of drug-likeness (QED) is 0.686. The molecule has 138 valence electrons. The van der Waals surface area contributed by atoms with Gasteiger partial charge in [-0.3, -0.25) is 4.79 Å². The van der Waals surface area contributed by atoms with E-state index in [0.717, 1.165) is 21.1 Å². The van der Waals surface area contributed by atoms with Gasteiger partial charge in [0.25, 0.3) is 0 Å². The lowest BCUT2D eigenvalue weighted by Gasteiger charge is -2.23. The van der Waals surface area contributed by atoms with Gasteiger partial charge in [-0.2, -0.15) is 0 Å². The maximum absolute atomic E-state index is 13.1. The van der Waals surface area contributed by atoms with Gasteiger partial charge in [0.1, 0.15) is 24.0 Å². The number of carbonyl (C=O) groups excluding carboxylic acids is 1. The van der Waals surface area contributed by atoms with Crippen molar-refractivity contribution in [1.82, 2.24) is 4.98 Å². The van der Waals surface area contributed by atoms with Gasteiger partial charge in [0.05, 0.1) is 4.88 Å². The minimum absolute atomic E-state index is 0.0613. The molecule has 0 radical (unpaired) electrons. The highest BCUT2D eigenvalue weighted by molar-refractivity contribution is 7.16. The Morgan fingerprint density at radius 2 is 2.04 bits per heavy atom. The Morgan fingerprint density at radius 1 is 1.26 bits per heavy atom. The van der Waals surface area contributed by atoms with Crippen LogP contribution in [0.1, 0.15) is 28.3 Å². The van der Waals surface area contributed by atoms with Crippen molar-refractivity contribution in [1.29, 1.82) is 0 Å². The van der Waals surface area contributed by atoms with Crippen molar-refractivity contribution in [2.45, 2.75) is 18.9 Å². The highest BCUT2D eigenvalue weighted by Crippen LogP contribution is 2.44. The number of aromatic nitrogens is 1. The van der Waals surface area contributed by atoms with Gasteiger partial charge < -0.3 is 15.4 Å². The van der Waals surface area contributed by atoms with Crippen LogP contribution in [0.3, 0.4) is 0 Å². The number of hydrogen-bond donors (Lipinski definition) is 2. The van der Waals surface area contributed by atoms with Crippen LogP contribution in [0.5, 0.6) is 5.75 Å². The molecule has 1 atom stereocenters. The van der Waals surface area contributed by atoms with E-state index in [2.05, 4.69) is 15.6 Å². The molecule has 0 saturated heterocycles. The van der Waals surface area contributed by atoms with E-state index in [1.807, 2.05) is 24.3 Å². The Hall–Kier alpha value is -2.93. The number of benzene rings is 2. The molecule has 2 aromatic carbocycles. The van der Waals surface area contributed by atoms with E-state index in [0.29, 0.717) is 24.6 Å². The molecule has 1 aliphatic heterocycles. The average Bonchev–Trinajstić information content (AvgIpc) is 3.10. The van der Waals surface area contributed by atoms with Crippen LogP contribution in [0.4, 0.5) is 15.3 Å². The summed E-state index contributed by atoms with van der Waals surface area (Å²) in [7, 11) is 1.81. The summed E-state index contributed by atoms with van der Waals surface area (Å²) in [4.78, 5) is 17.6. The highest BCUT2D eigenvalue weighted by atomic mass is 32.1. The van der Waals surface area contributed by atoms with Crippen LogP contribution in [-0.4, -0.2) is 17.9 Å². The minimum Gasteiger partial charge on any atom is -0.489 e. The monoisotopic (exact) mass is 383 g/mol. The Kier molecular flexibility index (Phi) is 4.77. The molecule has 1 aliphatic rings. The van der Waals surface area contributed by atoms with Crippen molar-refractivity contribution in [2.75, 3.05) is 17.7 Å². The molecule has 1 amide bonds. The SMILES string of the molecule is CNc1nc2c(s1)C(c1ccccc1OCc1ccc(F)cc1)CC(=O)N2. The van der Waals surface area contributed by atoms with Crippen LogP contribution in [0.2, 0.25) is 0 Å². The zero-order valence-electron chi connectivity index (χ0n) is 14.7. The number of thiazole rings is 1. The molecule has 0 saturated carbocycles. The van der Waals surface area contributed by atoms with Crippen LogP contribution < -0.4 is 15.4 Å². The molecule has 0 bridgehead atoms. The first-order chi connectivity index (χ1) is 13.1. The summed E-state index contributed by atoms with van der Waals surface area (Å²) in [5, 5.41) is 6.63. The third-order valence-electron chi connectivity index (χ3n) is 4.43. The molecule has 0 fully saturated rings. The van der Waals surface area contributed by atoms with Gasteiger partial charge in [-0.05, 0) is 23.8 Å². The van der Waals surface area contributed by atoms with E-state index in [-0.39, 0.29) is 17.6 Å². The van der Waals surface area contributed by atoms with Gasteiger partial charge in [0.2, 0.25) is 5.91 Å². The van der Waals surface area contributed by atoms with E-state index in [1.165, 1.54) is 23.5 Å². The smallest absolute Gasteiger partial charge is 0.226 e. The number of rotatable bonds is 5. The van der Waals surface area contributed by atoms with Gasteiger partial charge in [0, 0.05) is 24.9 Å². The molecule has 4 rings (SSSR count). The van der Waals surface area contributed by atoms with E-state index >= 15 is 0 Å². The lowest BCUT2D eigenvalue weighted by Crippen LogP contribution is -2.23. The van der Waals surface area contributed by atoms with Crippen molar-refractivity contribution in [3.05, 3.63) is 70.4 Å². The Balaban J connectivity index is 1.64. The third kappa shape index (κ3) is 3.64. The molecular weight excluding hydrogens is 365 g/mol. The van der Waals surface area contributed by atoms with Crippen LogP contribution in [-0.2, 0) is 11.4 Å². The summed E-state index contributed by atoms with van der Waals surface area (Å²) in [6, 6.07) is 13.9. The van der Waals surface area contributed by atoms with Crippen molar-refractivity contribution in [3.63, 3.8) is 0 Å². The molecule has 7 heteroatoms. The fourth-order valence-corrected chi connectivity index (χ4v) is 4.11. The number of nitrogens with one attached hydrogen (secondary N) is 2. The number of amides is 1. The molecular formula is C20H18FN3O2S. The second kappa shape index (κ2) is 7.36. The number of fused-ring (bicyclic) bond motifs is 1. The Labute approximate surface area is 160 Å². The number of hydrogen-bond acceptors (Lipinski definition) is 5. The van der Waals surface area contributed by atoms with Crippen LogP contribution in [0.25, 0.3) is 0 Å². The van der Waals surface area contributed by atoms with Crippen molar-refractivity contribution >= 4 is 28.2 Å². The number of halogens is 1. The van der Waals surface area contributed by atoms with E-state index < -0.39 is 0 Å². The van der Waals surface area contributed by atoms with Gasteiger partial charge >= 0.3 is 0 Å². The Morgan fingerprint density at radius 3 is 2.81 bits per heavy atom. The van der Waals surface area contributed by atoms with Gasteiger partial charge in [-0.1, -0.05) is 41.7 Å². The van der Waals surface area contributed by atoms with Crippen LogP contribution in [0.15, 0.2) is 48.5 Å². The summed E-state index contributed by atoms with van der Waals surface area (Å²) in [5.74, 6) is 0.878. The second-order valence-corrected chi connectivity index (χ2v) is 7.27. The van der Waals surface area contributed by atoms with E-state index in [9.17, 15) is 9.18 Å². The molecule has 2 N–H and O–H groups in total. The first-order valence-electron chi connectivity index (χ1n) is 8.58. The molecule has 0 aliphatic carbocycles. The number of para-hydroxylation sites is 1. The summed E-state index contributed by atoms with van der Waals surface area (Å²) < 4.78 is 19.1. The molecule has 2 heterocycles. The van der Waals surface area contributed by atoms with E-state index in [1.54, 1.807) is 19.2 Å². The summed E-state index contributed by atoms with van der Waals surface area (Å²) >= 11 is 1.53. The molecule has 3 aromatic rings. The number of nitrogens with zero attached hydrogens (tertiary/aromatic N) is 1.